The molecular weight excluding hydrogens is 258 g/mol. The number of H-pyrrole nitrogens is 1. The fraction of sp³-hybridized carbons (Fsp3) is 0.278. The molecule has 0 aliphatic rings. The minimum absolute atomic E-state index is 0.326. The Hall–Kier alpha value is -2.13. The third-order valence-electron chi connectivity index (χ3n) is 4.03. The molecule has 3 nitrogen and oxygen atoms in total. The molecule has 1 atom stereocenters. The standard InChI is InChI=1S/C18H21N3/c1-12-6-7-16(13(2)9-12)14(3)20-10-15-11-21-18-17(15)5-4-8-19-18/h4-9,11,14,20H,10H2,1-3H3,(H,19,21). The molecule has 0 saturated heterocycles. The first-order valence-corrected chi connectivity index (χ1v) is 7.36. The summed E-state index contributed by atoms with van der Waals surface area (Å²) in [5.41, 5.74) is 6.23. The predicted octanol–water partition coefficient (Wildman–Crippen LogP) is 4.03. The Kier molecular flexibility index (Phi) is 3.76. The predicted molar refractivity (Wildman–Crippen MR) is 87.3 cm³/mol. The van der Waals surface area contributed by atoms with Crippen molar-refractivity contribution in [2.45, 2.75) is 33.4 Å². The van der Waals surface area contributed by atoms with Gasteiger partial charge < -0.3 is 10.3 Å². The number of nitrogens with zero attached hydrogens (tertiary/aromatic N) is 1. The van der Waals surface area contributed by atoms with Gasteiger partial charge in [-0.25, -0.2) is 4.98 Å². The van der Waals surface area contributed by atoms with Gasteiger partial charge in [0.2, 0.25) is 0 Å². The van der Waals surface area contributed by atoms with E-state index in [1.165, 1.54) is 27.6 Å². The van der Waals surface area contributed by atoms with Crippen LogP contribution in [0.3, 0.4) is 0 Å². The van der Waals surface area contributed by atoms with Crippen LogP contribution >= 0.6 is 0 Å². The topological polar surface area (TPSA) is 40.7 Å². The maximum Gasteiger partial charge on any atom is 0.137 e. The largest absolute Gasteiger partial charge is 0.346 e. The quantitative estimate of drug-likeness (QED) is 0.757. The number of hydrogen-bond acceptors (Lipinski definition) is 2. The van der Waals surface area contributed by atoms with Gasteiger partial charge in [0.1, 0.15) is 5.65 Å². The summed E-state index contributed by atoms with van der Waals surface area (Å²) in [5, 5.41) is 4.80. The van der Waals surface area contributed by atoms with Crippen LogP contribution in [0.25, 0.3) is 11.0 Å². The zero-order valence-electron chi connectivity index (χ0n) is 12.8. The van der Waals surface area contributed by atoms with E-state index in [9.17, 15) is 0 Å². The molecule has 21 heavy (non-hydrogen) atoms. The van der Waals surface area contributed by atoms with Crippen molar-refractivity contribution in [2.24, 2.45) is 0 Å². The second-order valence-corrected chi connectivity index (χ2v) is 5.68. The Morgan fingerprint density at radius 1 is 1.24 bits per heavy atom. The van der Waals surface area contributed by atoms with Crippen LogP contribution in [-0.4, -0.2) is 9.97 Å². The third-order valence-corrected chi connectivity index (χ3v) is 4.03. The molecule has 2 aromatic heterocycles. The lowest BCUT2D eigenvalue weighted by atomic mass is 10.00. The van der Waals surface area contributed by atoms with Crippen LogP contribution in [0.4, 0.5) is 0 Å². The van der Waals surface area contributed by atoms with E-state index in [2.05, 4.69) is 60.3 Å². The molecule has 3 heteroatoms. The molecule has 3 rings (SSSR count). The van der Waals surface area contributed by atoms with Crippen LogP contribution in [0, 0.1) is 13.8 Å². The van der Waals surface area contributed by atoms with Gasteiger partial charge in [-0.2, -0.15) is 0 Å². The monoisotopic (exact) mass is 279 g/mol. The first kappa shape index (κ1) is 13.8. The van der Waals surface area contributed by atoms with Crippen LogP contribution in [0.2, 0.25) is 0 Å². The highest BCUT2D eigenvalue weighted by molar-refractivity contribution is 5.79. The molecule has 2 heterocycles. The Morgan fingerprint density at radius 3 is 2.90 bits per heavy atom. The molecule has 0 fully saturated rings. The molecule has 0 aliphatic carbocycles. The van der Waals surface area contributed by atoms with Crippen molar-refractivity contribution in [3.8, 4) is 0 Å². The second kappa shape index (κ2) is 5.70. The molecule has 0 radical (unpaired) electrons. The van der Waals surface area contributed by atoms with E-state index in [1.54, 1.807) is 0 Å². The maximum absolute atomic E-state index is 4.33. The first-order chi connectivity index (χ1) is 10.1. The van der Waals surface area contributed by atoms with E-state index in [0.717, 1.165) is 12.2 Å². The fourth-order valence-electron chi connectivity index (χ4n) is 2.84. The van der Waals surface area contributed by atoms with Gasteiger partial charge in [0.25, 0.3) is 0 Å². The minimum Gasteiger partial charge on any atom is -0.346 e. The second-order valence-electron chi connectivity index (χ2n) is 5.68. The van der Waals surface area contributed by atoms with Crippen molar-refractivity contribution in [3.05, 3.63) is 65.0 Å². The van der Waals surface area contributed by atoms with Gasteiger partial charge in [-0.15, -0.1) is 0 Å². The molecule has 0 spiro atoms. The number of benzene rings is 1. The summed E-state index contributed by atoms with van der Waals surface area (Å²) in [6.07, 6.45) is 3.85. The van der Waals surface area contributed by atoms with Gasteiger partial charge in [-0.3, -0.25) is 0 Å². The Labute approximate surface area is 125 Å². The van der Waals surface area contributed by atoms with E-state index in [0.29, 0.717) is 6.04 Å². The van der Waals surface area contributed by atoms with E-state index >= 15 is 0 Å². The van der Waals surface area contributed by atoms with Gasteiger partial charge in [-0.05, 0) is 49.6 Å². The number of aromatic amines is 1. The van der Waals surface area contributed by atoms with E-state index in [4.69, 9.17) is 0 Å². The number of fused-ring (bicyclic) bond motifs is 1. The third kappa shape index (κ3) is 2.83. The number of pyridine rings is 1. The SMILES string of the molecule is Cc1ccc(C(C)NCc2c[nH]c3ncccc23)c(C)c1. The summed E-state index contributed by atoms with van der Waals surface area (Å²) in [6, 6.07) is 11.1. The lowest BCUT2D eigenvalue weighted by Crippen LogP contribution is -2.18. The minimum atomic E-state index is 0.326. The maximum atomic E-state index is 4.33. The van der Waals surface area contributed by atoms with Crippen molar-refractivity contribution in [1.29, 1.82) is 0 Å². The zero-order chi connectivity index (χ0) is 14.8. The Balaban J connectivity index is 1.75. The molecular formula is C18H21N3. The first-order valence-electron chi connectivity index (χ1n) is 7.36. The number of hydrogen-bond donors (Lipinski definition) is 2. The van der Waals surface area contributed by atoms with Crippen LogP contribution in [0.1, 0.15) is 35.2 Å². The summed E-state index contributed by atoms with van der Waals surface area (Å²) in [4.78, 5) is 7.55. The number of rotatable bonds is 4. The Bertz CT molecular complexity index is 758. The summed E-state index contributed by atoms with van der Waals surface area (Å²) in [7, 11) is 0. The van der Waals surface area contributed by atoms with Crippen LogP contribution in [0.5, 0.6) is 0 Å². The lowest BCUT2D eigenvalue weighted by molar-refractivity contribution is 0.574. The average Bonchev–Trinajstić information content (AvgIpc) is 2.88. The van der Waals surface area contributed by atoms with Crippen molar-refractivity contribution in [2.75, 3.05) is 0 Å². The van der Waals surface area contributed by atoms with Crippen molar-refractivity contribution in [1.82, 2.24) is 15.3 Å². The number of aryl methyl sites for hydroxylation is 2. The van der Waals surface area contributed by atoms with Crippen LogP contribution < -0.4 is 5.32 Å². The normalized spacial score (nSPS) is 12.7. The summed E-state index contributed by atoms with van der Waals surface area (Å²) in [5.74, 6) is 0. The van der Waals surface area contributed by atoms with Crippen molar-refractivity contribution in [3.63, 3.8) is 0 Å². The van der Waals surface area contributed by atoms with Gasteiger partial charge in [-0.1, -0.05) is 23.8 Å². The van der Waals surface area contributed by atoms with Crippen molar-refractivity contribution >= 4 is 11.0 Å². The van der Waals surface area contributed by atoms with Gasteiger partial charge in [0.05, 0.1) is 0 Å². The van der Waals surface area contributed by atoms with Gasteiger partial charge in [0, 0.05) is 30.4 Å². The molecule has 0 amide bonds. The highest BCUT2D eigenvalue weighted by atomic mass is 14.9. The van der Waals surface area contributed by atoms with Crippen LogP contribution in [-0.2, 0) is 6.54 Å². The molecule has 1 aromatic carbocycles. The summed E-state index contributed by atoms with van der Waals surface area (Å²) < 4.78 is 0. The molecule has 1 unspecified atom stereocenters. The van der Waals surface area contributed by atoms with E-state index < -0.39 is 0 Å². The van der Waals surface area contributed by atoms with E-state index in [1.807, 2.05) is 18.5 Å². The average molecular weight is 279 g/mol. The molecule has 0 bridgehead atoms. The summed E-state index contributed by atoms with van der Waals surface area (Å²) >= 11 is 0. The molecule has 0 aliphatic heterocycles. The van der Waals surface area contributed by atoms with E-state index in [-0.39, 0.29) is 0 Å². The Morgan fingerprint density at radius 2 is 2.10 bits per heavy atom. The molecule has 108 valence electrons. The molecule has 2 N–H and O–H groups in total. The highest BCUT2D eigenvalue weighted by Gasteiger charge is 2.10. The molecule has 0 saturated carbocycles. The zero-order valence-corrected chi connectivity index (χ0v) is 12.8. The van der Waals surface area contributed by atoms with Crippen LogP contribution in [0.15, 0.2) is 42.7 Å². The van der Waals surface area contributed by atoms with Gasteiger partial charge in [0.15, 0.2) is 0 Å². The lowest BCUT2D eigenvalue weighted by Gasteiger charge is -2.17. The highest BCUT2D eigenvalue weighted by Crippen LogP contribution is 2.20. The fourth-order valence-corrected chi connectivity index (χ4v) is 2.84. The number of nitrogens with one attached hydrogen (secondary N) is 2. The molecule has 3 aromatic rings. The summed E-state index contributed by atoms with van der Waals surface area (Å²) in [6.45, 7) is 7.36. The smallest absolute Gasteiger partial charge is 0.137 e. The van der Waals surface area contributed by atoms with Gasteiger partial charge >= 0.3 is 0 Å². The number of aromatic nitrogens is 2. The van der Waals surface area contributed by atoms with Crippen molar-refractivity contribution < 1.29 is 0 Å².